The van der Waals surface area contributed by atoms with Gasteiger partial charge in [0.2, 0.25) is 0 Å². The number of rotatable bonds is 4. The first-order chi connectivity index (χ1) is 9.35. The Morgan fingerprint density at radius 1 is 1.30 bits per heavy atom. The van der Waals surface area contributed by atoms with E-state index in [4.69, 9.17) is 0 Å². The molecule has 0 amide bonds. The van der Waals surface area contributed by atoms with Gasteiger partial charge in [-0.2, -0.15) is 18.3 Å². The predicted octanol–water partition coefficient (Wildman–Crippen LogP) is 2.70. The highest BCUT2D eigenvalue weighted by molar-refractivity contribution is 8.00. The second-order valence-electron chi connectivity index (χ2n) is 4.14. The summed E-state index contributed by atoms with van der Waals surface area (Å²) in [6.45, 7) is 0. The van der Waals surface area contributed by atoms with Crippen molar-refractivity contribution < 1.29 is 18.3 Å². The van der Waals surface area contributed by atoms with Crippen LogP contribution in [0.2, 0.25) is 0 Å². The number of aryl methyl sites for hydroxylation is 1. The summed E-state index contributed by atoms with van der Waals surface area (Å²) in [5.74, 6) is 0.603. The van der Waals surface area contributed by atoms with E-state index in [0.717, 1.165) is 0 Å². The largest absolute Gasteiger partial charge is 0.446 e. The van der Waals surface area contributed by atoms with Crippen molar-refractivity contribution >= 4 is 11.8 Å². The molecule has 8 heteroatoms. The normalized spacial score (nSPS) is 13.4. The number of aromatic nitrogens is 3. The zero-order chi connectivity index (χ0) is 14.8. The van der Waals surface area contributed by atoms with Crippen molar-refractivity contribution in [3.05, 3.63) is 42.0 Å². The van der Waals surface area contributed by atoms with Crippen LogP contribution in [0.25, 0.3) is 0 Å². The van der Waals surface area contributed by atoms with E-state index < -0.39 is 11.6 Å². The number of hydrogen-bond donors (Lipinski definition) is 1. The van der Waals surface area contributed by atoms with Gasteiger partial charge in [-0.15, -0.1) is 0 Å². The van der Waals surface area contributed by atoms with Gasteiger partial charge in [-0.25, -0.2) is 4.98 Å². The standard InChI is InChI=1S/C12H12F3N3OS/c1-18-11(16-7-17-18)6-10(19)8-2-4-9(5-3-8)20-12(13,14)15/h2-5,7,10,19H,6H2,1H3. The lowest BCUT2D eigenvalue weighted by atomic mass is 10.1. The zero-order valence-corrected chi connectivity index (χ0v) is 11.3. The highest BCUT2D eigenvalue weighted by Gasteiger charge is 2.29. The lowest BCUT2D eigenvalue weighted by Gasteiger charge is -2.11. The Labute approximate surface area is 117 Å². The van der Waals surface area contributed by atoms with E-state index in [1.807, 2.05) is 0 Å². The molecule has 1 atom stereocenters. The van der Waals surface area contributed by atoms with Crippen LogP contribution in [0.4, 0.5) is 13.2 Å². The fourth-order valence-corrected chi connectivity index (χ4v) is 2.23. The number of hydrogen-bond acceptors (Lipinski definition) is 4. The predicted molar refractivity (Wildman–Crippen MR) is 68.0 cm³/mol. The van der Waals surface area contributed by atoms with Gasteiger partial charge in [-0.1, -0.05) is 12.1 Å². The summed E-state index contributed by atoms with van der Waals surface area (Å²) in [7, 11) is 1.71. The maximum absolute atomic E-state index is 12.2. The monoisotopic (exact) mass is 303 g/mol. The molecular formula is C12H12F3N3OS. The summed E-state index contributed by atoms with van der Waals surface area (Å²) in [4.78, 5) is 4.08. The maximum Gasteiger partial charge on any atom is 0.446 e. The molecule has 0 aliphatic heterocycles. The van der Waals surface area contributed by atoms with Gasteiger partial charge >= 0.3 is 5.51 Å². The van der Waals surface area contributed by atoms with E-state index in [-0.39, 0.29) is 23.1 Å². The Balaban J connectivity index is 2.04. The molecule has 0 aliphatic carbocycles. The smallest absolute Gasteiger partial charge is 0.388 e. The first-order valence-electron chi connectivity index (χ1n) is 5.72. The number of nitrogens with zero attached hydrogens (tertiary/aromatic N) is 3. The lowest BCUT2D eigenvalue weighted by Crippen LogP contribution is -2.07. The Morgan fingerprint density at radius 2 is 1.95 bits per heavy atom. The fraction of sp³-hybridized carbons (Fsp3) is 0.333. The van der Waals surface area contributed by atoms with Crippen LogP contribution >= 0.6 is 11.8 Å². The van der Waals surface area contributed by atoms with Crippen LogP contribution < -0.4 is 0 Å². The summed E-state index contributed by atoms with van der Waals surface area (Å²) >= 11 is -0.179. The Hall–Kier alpha value is -1.54. The Bertz CT molecular complexity index is 568. The third kappa shape index (κ3) is 3.97. The van der Waals surface area contributed by atoms with Crippen LogP contribution in [0.3, 0.4) is 0 Å². The molecule has 0 aliphatic rings. The quantitative estimate of drug-likeness (QED) is 0.882. The summed E-state index contributed by atoms with van der Waals surface area (Å²) in [5.41, 5.74) is -3.77. The molecule has 1 unspecified atom stereocenters. The molecule has 0 radical (unpaired) electrons. The number of alkyl halides is 3. The minimum Gasteiger partial charge on any atom is -0.388 e. The van der Waals surface area contributed by atoms with Crippen LogP contribution in [0.1, 0.15) is 17.5 Å². The highest BCUT2D eigenvalue weighted by atomic mass is 32.2. The minimum absolute atomic E-state index is 0.0899. The van der Waals surface area contributed by atoms with E-state index in [9.17, 15) is 18.3 Å². The molecule has 108 valence electrons. The molecule has 1 aromatic carbocycles. The molecule has 20 heavy (non-hydrogen) atoms. The van der Waals surface area contributed by atoms with Gasteiger partial charge in [-0.3, -0.25) is 4.68 Å². The van der Waals surface area contributed by atoms with Gasteiger partial charge in [0.15, 0.2) is 0 Å². The van der Waals surface area contributed by atoms with Crippen molar-refractivity contribution in [2.75, 3.05) is 0 Å². The molecule has 4 nitrogen and oxygen atoms in total. The van der Waals surface area contributed by atoms with Crippen LogP contribution in [0, 0.1) is 0 Å². The van der Waals surface area contributed by atoms with Crippen molar-refractivity contribution in [1.82, 2.24) is 14.8 Å². The Morgan fingerprint density at radius 3 is 2.45 bits per heavy atom. The van der Waals surface area contributed by atoms with Gasteiger partial charge < -0.3 is 5.11 Å². The molecule has 0 bridgehead atoms. The third-order valence-corrected chi connectivity index (χ3v) is 3.42. The number of aliphatic hydroxyl groups is 1. The summed E-state index contributed by atoms with van der Waals surface area (Å²) in [6.07, 6.45) is 0.802. The third-order valence-electron chi connectivity index (χ3n) is 2.68. The molecular weight excluding hydrogens is 291 g/mol. The SMILES string of the molecule is Cn1ncnc1CC(O)c1ccc(SC(F)(F)F)cc1. The van der Waals surface area contributed by atoms with Crippen LogP contribution in [-0.2, 0) is 13.5 Å². The molecule has 2 rings (SSSR count). The van der Waals surface area contributed by atoms with E-state index >= 15 is 0 Å². The first kappa shape index (κ1) is 14.9. The van der Waals surface area contributed by atoms with Crippen molar-refractivity contribution in [1.29, 1.82) is 0 Å². The van der Waals surface area contributed by atoms with Crippen molar-refractivity contribution in [2.24, 2.45) is 7.05 Å². The fourth-order valence-electron chi connectivity index (χ4n) is 1.69. The number of thioether (sulfide) groups is 1. The molecule has 2 aromatic rings. The number of aliphatic hydroxyl groups excluding tert-OH is 1. The molecule has 1 heterocycles. The molecule has 1 N–H and O–H groups in total. The average molecular weight is 303 g/mol. The summed E-state index contributed by atoms with van der Waals surface area (Å²) < 4.78 is 38.1. The average Bonchev–Trinajstić information content (AvgIpc) is 2.74. The van der Waals surface area contributed by atoms with Gasteiger partial charge in [0, 0.05) is 18.4 Å². The van der Waals surface area contributed by atoms with E-state index in [1.165, 1.54) is 35.3 Å². The molecule has 1 aromatic heterocycles. The maximum atomic E-state index is 12.2. The summed E-state index contributed by atoms with van der Waals surface area (Å²) in [6, 6.07) is 5.64. The lowest BCUT2D eigenvalue weighted by molar-refractivity contribution is -0.0328. The van der Waals surface area contributed by atoms with Crippen molar-refractivity contribution in [2.45, 2.75) is 22.9 Å². The van der Waals surface area contributed by atoms with E-state index in [1.54, 1.807) is 7.05 Å². The zero-order valence-electron chi connectivity index (χ0n) is 10.5. The second-order valence-corrected chi connectivity index (χ2v) is 5.28. The molecule has 0 saturated heterocycles. The number of benzene rings is 1. The second kappa shape index (κ2) is 5.84. The summed E-state index contributed by atoms with van der Waals surface area (Å²) in [5, 5.41) is 13.9. The van der Waals surface area contributed by atoms with Crippen LogP contribution in [0.5, 0.6) is 0 Å². The van der Waals surface area contributed by atoms with Gasteiger partial charge in [0.05, 0.1) is 6.10 Å². The first-order valence-corrected chi connectivity index (χ1v) is 6.53. The Kier molecular flexibility index (Phi) is 4.34. The molecule has 0 saturated carbocycles. The topological polar surface area (TPSA) is 50.9 Å². The van der Waals surface area contributed by atoms with Crippen molar-refractivity contribution in [3.63, 3.8) is 0 Å². The molecule has 0 fully saturated rings. The van der Waals surface area contributed by atoms with Crippen molar-refractivity contribution in [3.8, 4) is 0 Å². The number of halogens is 3. The van der Waals surface area contributed by atoms with Gasteiger partial charge in [0.25, 0.3) is 0 Å². The molecule has 0 spiro atoms. The van der Waals surface area contributed by atoms with E-state index in [2.05, 4.69) is 10.1 Å². The van der Waals surface area contributed by atoms with Gasteiger partial charge in [0.1, 0.15) is 12.2 Å². The minimum atomic E-state index is -4.31. The highest BCUT2D eigenvalue weighted by Crippen LogP contribution is 2.37. The van der Waals surface area contributed by atoms with Gasteiger partial charge in [-0.05, 0) is 29.5 Å². The van der Waals surface area contributed by atoms with Crippen LogP contribution in [0.15, 0.2) is 35.5 Å². The van der Waals surface area contributed by atoms with Crippen LogP contribution in [-0.4, -0.2) is 25.4 Å². The van der Waals surface area contributed by atoms with E-state index in [0.29, 0.717) is 11.4 Å².